The zero-order valence-corrected chi connectivity index (χ0v) is 57.9. The van der Waals surface area contributed by atoms with Crippen LogP contribution in [0, 0.1) is 0 Å². The van der Waals surface area contributed by atoms with Crippen molar-refractivity contribution in [3.05, 3.63) is 180 Å². The molecule has 13 aromatic carbocycles. The zero-order valence-electron chi connectivity index (χ0n) is 55.4. The minimum Gasteiger partial charge on any atom is -0.134 e. The molecule has 0 radical (unpaired) electrons. The van der Waals surface area contributed by atoms with E-state index in [1.165, 1.54) is 328 Å². The molecule has 0 bridgehead atoms. The van der Waals surface area contributed by atoms with Crippen molar-refractivity contribution in [2.45, 2.75) is 194 Å². The van der Waals surface area contributed by atoms with Gasteiger partial charge in [0.1, 0.15) is 0 Å². The van der Waals surface area contributed by atoms with E-state index in [4.69, 9.17) is 0 Å². The van der Waals surface area contributed by atoms with E-state index in [1.54, 1.807) is 0 Å². The van der Waals surface area contributed by atoms with E-state index >= 15 is 0 Å². The molecule has 3 aromatic heterocycles. The van der Waals surface area contributed by atoms with Gasteiger partial charge < -0.3 is 0 Å². The van der Waals surface area contributed by atoms with E-state index in [0.29, 0.717) is 0 Å². The van der Waals surface area contributed by atoms with Crippen LogP contribution in [0.15, 0.2) is 164 Å². The van der Waals surface area contributed by atoms with Crippen LogP contribution in [0.25, 0.3) is 157 Å². The molecule has 0 fully saturated rings. The van der Waals surface area contributed by atoms with E-state index in [2.05, 4.69) is 219 Å². The Morgan fingerprint density at radius 1 is 0.194 bits per heavy atom. The van der Waals surface area contributed by atoms with Gasteiger partial charge in [-0.05, 0) is 189 Å². The minimum absolute atomic E-state index is 1.14. The average Bonchev–Trinajstić information content (AvgIpc) is 1.54. The van der Waals surface area contributed by atoms with Crippen molar-refractivity contribution in [2.24, 2.45) is 0 Å². The van der Waals surface area contributed by atoms with Crippen molar-refractivity contribution in [3.8, 4) is 0 Å². The summed E-state index contributed by atoms with van der Waals surface area (Å²) in [4.78, 5) is 0. The summed E-state index contributed by atoms with van der Waals surface area (Å²) in [5.41, 5.74) is 4.42. The lowest BCUT2D eigenvalue weighted by Crippen LogP contribution is -1.89. The highest BCUT2D eigenvalue weighted by molar-refractivity contribution is 7.34. The Balaban J connectivity index is 0.913. The first-order valence-electron chi connectivity index (χ1n) is 36.6. The normalized spacial score (nSPS) is 12.5. The Bertz CT molecular complexity index is 4920. The maximum Gasteiger partial charge on any atom is 0.0463 e. The van der Waals surface area contributed by atoms with Gasteiger partial charge >= 0.3 is 0 Å². The largest absolute Gasteiger partial charge is 0.134 e. The summed E-state index contributed by atoms with van der Waals surface area (Å²) < 4.78 is 8.48. The molecular weight excluding hydrogens is 1180 g/mol. The van der Waals surface area contributed by atoms with Crippen LogP contribution < -0.4 is 0 Å². The molecule has 0 spiro atoms. The SMILES string of the molecule is CCCCCCCCCCc1ccc2c3ccccc3c3cc4c(cc3c2c1)sc1c4c2sc3cc4c5cc(CCCCCCCCCC)ccc5c5ccccc5c4cc3c2c2sc3cc4c5cc(CCCCCCCCCC)ccc5c5ccccc5c4cc3c12. The second-order valence-electron chi connectivity index (χ2n) is 28.1. The van der Waals surface area contributed by atoms with Crippen molar-refractivity contribution in [2.75, 3.05) is 0 Å². The lowest BCUT2D eigenvalue weighted by atomic mass is 9.90. The van der Waals surface area contributed by atoms with Gasteiger partial charge in [-0.1, -0.05) is 283 Å². The highest BCUT2D eigenvalue weighted by Crippen LogP contribution is 2.56. The third kappa shape index (κ3) is 11.3. The third-order valence-electron chi connectivity index (χ3n) is 21.8. The molecule has 0 aliphatic heterocycles. The molecule has 3 heteroatoms. The molecule has 0 aliphatic rings. The number of fused-ring (bicyclic) bond motifs is 30. The van der Waals surface area contributed by atoms with Crippen molar-refractivity contribution >= 4 is 191 Å². The minimum atomic E-state index is 1.14. The van der Waals surface area contributed by atoms with Crippen LogP contribution in [-0.2, 0) is 19.3 Å². The number of aryl methyl sites for hydroxylation is 3. The molecular formula is C90H90S3. The maximum absolute atomic E-state index is 2.65. The van der Waals surface area contributed by atoms with Crippen molar-refractivity contribution in [1.29, 1.82) is 0 Å². The number of unbranched alkanes of at least 4 members (excludes halogenated alkanes) is 21. The lowest BCUT2D eigenvalue weighted by Gasteiger charge is -2.13. The van der Waals surface area contributed by atoms with E-state index < -0.39 is 0 Å². The molecule has 16 rings (SSSR count). The number of benzene rings is 13. The summed E-state index contributed by atoms with van der Waals surface area (Å²) in [6.07, 6.45) is 35.7. The predicted molar refractivity (Wildman–Crippen MR) is 422 cm³/mol. The standard InChI is InChI=1S/C90H90S3/c1-4-7-10-13-16-19-22-25-34-58-43-46-67-61-37-28-31-40-64(61)73-52-79-82(55-76(73)70(67)49-58)91-88-85(79)89-87(81-54-75-66-42-33-30-39-63(66)69-48-45-60(36-27-24-21-18-15-12-9-6-3)51-72(69)78(75)57-84(81)92-89)90-86(88)80-53-74-65-41-32-29-38-62(65)68-47-44-59(35-26-23-20-17-14-11-8-5-2)50-71(68)77(74)56-83(80)93-90/h28-33,37-57H,4-27,34-36H2,1-3H3. The van der Waals surface area contributed by atoms with Crippen molar-refractivity contribution in [1.82, 2.24) is 0 Å². The molecule has 0 amide bonds. The second kappa shape index (κ2) is 26.9. The molecule has 0 saturated carbocycles. The fraction of sp³-hybridized carbons (Fsp3) is 0.333. The Morgan fingerprint density at radius 2 is 0.409 bits per heavy atom. The zero-order chi connectivity index (χ0) is 62.4. The van der Waals surface area contributed by atoms with Crippen molar-refractivity contribution < 1.29 is 0 Å². The third-order valence-corrected chi connectivity index (χ3v) is 25.3. The van der Waals surface area contributed by atoms with E-state index in [0.717, 1.165) is 19.3 Å². The molecule has 0 saturated heterocycles. The topological polar surface area (TPSA) is 0 Å². The second-order valence-corrected chi connectivity index (χ2v) is 31.2. The molecule has 0 atom stereocenters. The van der Waals surface area contributed by atoms with Gasteiger partial charge in [0.15, 0.2) is 0 Å². The predicted octanol–water partition coefficient (Wildman–Crippen LogP) is 30.2. The summed E-state index contributed by atoms with van der Waals surface area (Å²) in [5.74, 6) is 0. The summed E-state index contributed by atoms with van der Waals surface area (Å²) in [6.45, 7) is 6.95. The van der Waals surface area contributed by atoms with Gasteiger partial charge in [0.2, 0.25) is 0 Å². The van der Waals surface area contributed by atoms with Crippen LogP contribution in [0.4, 0.5) is 0 Å². The first-order chi connectivity index (χ1) is 46.0. The van der Waals surface area contributed by atoms with Gasteiger partial charge in [0.25, 0.3) is 0 Å². The van der Waals surface area contributed by atoms with Crippen LogP contribution >= 0.6 is 34.0 Å². The first kappa shape index (κ1) is 60.8. The van der Waals surface area contributed by atoms with Crippen molar-refractivity contribution in [3.63, 3.8) is 0 Å². The fourth-order valence-electron chi connectivity index (χ4n) is 16.8. The highest BCUT2D eigenvalue weighted by atomic mass is 32.1. The molecule has 16 aromatic rings. The molecule has 0 N–H and O–H groups in total. The summed E-state index contributed by atoms with van der Waals surface area (Å²) in [5, 5.41) is 33.2. The van der Waals surface area contributed by atoms with E-state index in [-0.39, 0.29) is 0 Å². The van der Waals surface area contributed by atoms with Crippen LogP contribution in [0.2, 0.25) is 0 Å². The summed E-state index contributed by atoms with van der Waals surface area (Å²) in [6, 6.07) is 66.1. The Labute approximate surface area is 562 Å². The molecule has 3 heterocycles. The van der Waals surface area contributed by atoms with Crippen LogP contribution in [0.3, 0.4) is 0 Å². The molecule has 0 unspecified atom stereocenters. The summed E-state index contributed by atoms with van der Waals surface area (Å²) in [7, 11) is 0. The smallest absolute Gasteiger partial charge is 0.0463 e. The van der Waals surface area contributed by atoms with Gasteiger partial charge in [-0.15, -0.1) is 34.0 Å². The first-order valence-corrected chi connectivity index (χ1v) is 39.0. The average molecular weight is 1270 g/mol. The van der Waals surface area contributed by atoms with E-state index in [9.17, 15) is 0 Å². The lowest BCUT2D eigenvalue weighted by molar-refractivity contribution is 0.575. The summed E-state index contributed by atoms with van der Waals surface area (Å²) >= 11 is 6.18. The molecule has 93 heavy (non-hydrogen) atoms. The van der Waals surface area contributed by atoms with Gasteiger partial charge in [0.05, 0.1) is 0 Å². The molecule has 0 aliphatic carbocycles. The van der Waals surface area contributed by atoms with Gasteiger partial charge in [0, 0.05) is 60.5 Å². The Morgan fingerprint density at radius 3 is 0.677 bits per heavy atom. The van der Waals surface area contributed by atoms with Crippen LogP contribution in [-0.4, -0.2) is 0 Å². The number of hydrogen-bond donors (Lipinski definition) is 0. The van der Waals surface area contributed by atoms with Gasteiger partial charge in [-0.3, -0.25) is 0 Å². The van der Waals surface area contributed by atoms with Crippen LogP contribution in [0.5, 0.6) is 0 Å². The number of hydrogen-bond acceptors (Lipinski definition) is 3. The van der Waals surface area contributed by atoms with Crippen LogP contribution in [0.1, 0.15) is 192 Å². The Kier molecular flexibility index (Phi) is 17.6. The monoisotopic (exact) mass is 1270 g/mol. The van der Waals surface area contributed by atoms with Gasteiger partial charge in [-0.25, -0.2) is 0 Å². The fourth-order valence-corrected chi connectivity index (χ4v) is 20.9. The highest BCUT2D eigenvalue weighted by Gasteiger charge is 2.25. The number of thiophene rings is 3. The molecule has 468 valence electrons. The Hall–Kier alpha value is -7.14. The number of rotatable bonds is 27. The van der Waals surface area contributed by atoms with Gasteiger partial charge in [-0.2, -0.15) is 0 Å². The molecule has 0 nitrogen and oxygen atoms in total. The quantitative estimate of drug-likeness (QED) is 0.0356. The van der Waals surface area contributed by atoms with E-state index in [1.807, 2.05) is 0 Å². The maximum atomic E-state index is 2.65.